The van der Waals surface area contributed by atoms with Gasteiger partial charge in [0.15, 0.2) is 0 Å². The zero-order valence-electron chi connectivity index (χ0n) is 12.3. The highest BCUT2D eigenvalue weighted by molar-refractivity contribution is 5.87. The highest BCUT2D eigenvalue weighted by atomic mass is 16.2. The van der Waals surface area contributed by atoms with Gasteiger partial charge in [0.05, 0.1) is 0 Å². The molecule has 0 saturated heterocycles. The summed E-state index contributed by atoms with van der Waals surface area (Å²) in [4.78, 5) is 23.6. The summed E-state index contributed by atoms with van der Waals surface area (Å²) in [5.74, 6) is -0.375. The lowest BCUT2D eigenvalue weighted by atomic mass is 9.92. The molecule has 0 aliphatic heterocycles. The Morgan fingerprint density at radius 1 is 1.25 bits per heavy atom. The molecule has 0 aliphatic carbocycles. The minimum atomic E-state index is -1.10. The van der Waals surface area contributed by atoms with E-state index < -0.39 is 5.54 Å². The largest absolute Gasteiger partial charge is 0.354 e. The molecule has 0 aliphatic rings. The predicted molar refractivity (Wildman–Crippen MR) is 78.9 cm³/mol. The number of hydrogen-bond acceptors (Lipinski definition) is 3. The Bertz CT molecular complexity index is 455. The predicted octanol–water partition coefficient (Wildman–Crippen LogP) is 0.891. The van der Waals surface area contributed by atoms with Crippen molar-refractivity contribution in [2.24, 2.45) is 5.73 Å². The molecule has 1 aromatic rings. The van der Waals surface area contributed by atoms with Gasteiger partial charge in [-0.05, 0) is 26.3 Å². The third-order valence-corrected chi connectivity index (χ3v) is 2.93. The van der Waals surface area contributed by atoms with Crippen molar-refractivity contribution in [3.05, 3.63) is 35.9 Å². The van der Waals surface area contributed by atoms with Crippen molar-refractivity contribution >= 4 is 11.8 Å². The summed E-state index contributed by atoms with van der Waals surface area (Å²) >= 11 is 0. The first-order valence-electron chi connectivity index (χ1n) is 6.76. The van der Waals surface area contributed by atoms with Crippen molar-refractivity contribution < 1.29 is 9.59 Å². The Kier molecular flexibility index (Phi) is 5.70. The maximum Gasteiger partial charge on any atom is 0.244 e. The van der Waals surface area contributed by atoms with Gasteiger partial charge in [-0.15, -0.1) is 0 Å². The molecule has 2 amide bonds. The summed E-state index contributed by atoms with van der Waals surface area (Å²) < 4.78 is 0. The van der Waals surface area contributed by atoms with E-state index >= 15 is 0 Å². The second-order valence-electron chi connectivity index (χ2n) is 5.30. The van der Waals surface area contributed by atoms with Gasteiger partial charge in [0.2, 0.25) is 11.8 Å². The van der Waals surface area contributed by atoms with Gasteiger partial charge in [-0.1, -0.05) is 30.3 Å². The number of benzene rings is 1. The van der Waals surface area contributed by atoms with Crippen LogP contribution in [0.15, 0.2) is 30.3 Å². The molecule has 0 aromatic heterocycles. The Hall–Kier alpha value is -1.88. The van der Waals surface area contributed by atoms with Crippen LogP contribution in [0.4, 0.5) is 0 Å². The summed E-state index contributed by atoms with van der Waals surface area (Å²) in [6.07, 6.45) is 0.245. The number of hydrogen-bond donors (Lipinski definition) is 3. The van der Waals surface area contributed by atoms with E-state index in [1.807, 2.05) is 44.2 Å². The number of carbonyl (C=O) groups excluding carboxylic acids is 2. The molecule has 110 valence electrons. The van der Waals surface area contributed by atoms with E-state index in [0.29, 0.717) is 0 Å². The standard InChI is InChI=1S/C15H23N3O2/c1-11(2)18-13(19)9-10-17-14(20)15(3,16)12-7-5-4-6-8-12/h4-8,11H,9-10,16H2,1-3H3,(H,17,20)(H,18,19). The molecule has 0 fully saturated rings. The SMILES string of the molecule is CC(C)NC(=O)CCNC(=O)C(C)(N)c1ccccc1. The molecular weight excluding hydrogens is 254 g/mol. The Morgan fingerprint density at radius 3 is 2.40 bits per heavy atom. The lowest BCUT2D eigenvalue weighted by Gasteiger charge is -2.24. The van der Waals surface area contributed by atoms with E-state index in [1.165, 1.54) is 0 Å². The van der Waals surface area contributed by atoms with Crippen molar-refractivity contribution in [1.29, 1.82) is 0 Å². The first kappa shape index (κ1) is 16.2. The van der Waals surface area contributed by atoms with Gasteiger partial charge in [-0.2, -0.15) is 0 Å². The van der Waals surface area contributed by atoms with Crippen molar-refractivity contribution in [2.75, 3.05) is 6.54 Å². The third kappa shape index (κ3) is 4.66. The number of carbonyl (C=O) groups is 2. The zero-order chi connectivity index (χ0) is 15.2. The molecule has 0 bridgehead atoms. The lowest BCUT2D eigenvalue weighted by molar-refractivity contribution is -0.126. The molecule has 0 saturated carbocycles. The number of amides is 2. The molecule has 1 aromatic carbocycles. The van der Waals surface area contributed by atoms with Crippen LogP contribution in [-0.4, -0.2) is 24.4 Å². The fraction of sp³-hybridized carbons (Fsp3) is 0.467. The highest BCUT2D eigenvalue weighted by Crippen LogP contribution is 2.17. The average molecular weight is 277 g/mol. The van der Waals surface area contributed by atoms with E-state index in [-0.39, 0.29) is 30.8 Å². The summed E-state index contributed by atoms with van der Waals surface area (Å²) in [5, 5.41) is 5.47. The first-order valence-corrected chi connectivity index (χ1v) is 6.76. The number of rotatable bonds is 6. The number of nitrogens with two attached hydrogens (primary N) is 1. The Labute approximate surface area is 119 Å². The molecule has 4 N–H and O–H groups in total. The first-order chi connectivity index (χ1) is 9.34. The van der Waals surface area contributed by atoms with Crippen LogP contribution in [0.2, 0.25) is 0 Å². The molecule has 5 heteroatoms. The zero-order valence-corrected chi connectivity index (χ0v) is 12.3. The van der Waals surface area contributed by atoms with E-state index in [0.717, 1.165) is 5.56 Å². The molecular formula is C15H23N3O2. The summed E-state index contributed by atoms with van der Waals surface area (Å²) in [6.45, 7) is 5.72. The third-order valence-electron chi connectivity index (χ3n) is 2.93. The fourth-order valence-electron chi connectivity index (χ4n) is 1.78. The van der Waals surface area contributed by atoms with E-state index in [2.05, 4.69) is 10.6 Å². The Morgan fingerprint density at radius 2 is 1.85 bits per heavy atom. The van der Waals surface area contributed by atoms with Gasteiger partial charge in [0.25, 0.3) is 0 Å². The molecule has 1 atom stereocenters. The van der Waals surface area contributed by atoms with E-state index in [1.54, 1.807) is 6.92 Å². The van der Waals surface area contributed by atoms with Crippen LogP contribution in [0.3, 0.4) is 0 Å². The molecule has 0 spiro atoms. The van der Waals surface area contributed by atoms with Gasteiger partial charge < -0.3 is 16.4 Å². The summed E-state index contributed by atoms with van der Waals surface area (Å²) in [5.41, 5.74) is 5.71. The maximum atomic E-state index is 12.1. The minimum absolute atomic E-state index is 0.0845. The van der Waals surface area contributed by atoms with Crippen molar-refractivity contribution in [2.45, 2.75) is 38.8 Å². The topological polar surface area (TPSA) is 84.2 Å². The molecule has 5 nitrogen and oxygen atoms in total. The lowest BCUT2D eigenvalue weighted by Crippen LogP contribution is -2.49. The molecule has 0 radical (unpaired) electrons. The van der Waals surface area contributed by atoms with Gasteiger partial charge in [0, 0.05) is 19.0 Å². The molecule has 0 heterocycles. The van der Waals surface area contributed by atoms with Gasteiger partial charge in [-0.25, -0.2) is 0 Å². The van der Waals surface area contributed by atoms with E-state index in [9.17, 15) is 9.59 Å². The van der Waals surface area contributed by atoms with Crippen LogP contribution in [-0.2, 0) is 15.1 Å². The van der Waals surface area contributed by atoms with Crippen molar-refractivity contribution in [1.82, 2.24) is 10.6 Å². The average Bonchev–Trinajstić information content (AvgIpc) is 2.38. The van der Waals surface area contributed by atoms with Gasteiger partial charge in [0.1, 0.15) is 5.54 Å². The summed E-state index contributed by atoms with van der Waals surface area (Å²) in [6, 6.07) is 9.26. The van der Waals surface area contributed by atoms with Crippen LogP contribution in [0.5, 0.6) is 0 Å². The van der Waals surface area contributed by atoms with Crippen LogP contribution in [0.1, 0.15) is 32.8 Å². The highest BCUT2D eigenvalue weighted by Gasteiger charge is 2.29. The number of nitrogens with one attached hydrogen (secondary N) is 2. The van der Waals surface area contributed by atoms with E-state index in [4.69, 9.17) is 5.73 Å². The second kappa shape index (κ2) is 7.05. The fourth-order valence-corrected chi connectivity index (χ4v) is 1.78. The second-order valence-corrected chi connectivity index (χ2v) is 5.30. The minimum Gasteiger partial charge on any atom is -0.354 e. The monoisotopic (exact) mass is 277 g/mol. The van der Waals surface area contributed by atoms with Crippen LogP contribution in [0, 0.1) is 0 Å². The van der Waals surface area contributed by atoms with Gasteiger partial charge >= 0.3 is 0 Å². The normalized spacial score (nSPS) is 13.7. The molecule has 1 rings (SSSR count). The summed E-state index contributed by atoms with van der Waals surface area (Å²) in [7, 11) is 0. The van der Waals surface area contributed by atoms with Crippen molar-refractivity contribution in [3.8, 4) is 0 Å². The van der Waals surface area contributed by atoms with Crippen LogP contribution in [0.25, 0.3) is 0 Å². The van der Waals surface area contributed by atoms with Crippen LogP contribution >= 0.6 is 0 Å². The smallest absolute Gasteiger partial charge is 0.244 e. The van der Waals surface area contributed by atoms with Gasteiger partial charge in [-0.3, -0.25) is 9.59 Å². The van der Waals surface area contributed by atoms with Crippen LogP contribution < -0.4 is 16.4 Å². The Balaban J connectivity index is 2.48. The maximum absolute atomic E-state index is 12.1. The quantitative estimate of drug-likeness (QED) is 0.722. The van der Waals surface area contributed by atoms with Crippen molar-refractivity contribution in [3.63, 3.8) is 0 Å². The molecule has 20 heavy (non-hydrogen) atoms. The molecule has 1 unspecified atom stereocenters.